The number of thioether (sulfide) groups is 1. The van der Waals surface area contributed by atoms with Gasteiger partial charge in [0.2, 0.25) is 0 Å². The topological polar surface area (TPSA) is 52.3 Å². The summed E-state index contributed by atoms with van der Waals surface area (Å²) in [4.78, 5) is 15.4. The van der Waals surface area contributed by atoms with Gasteiger partial charge >= 0.3 is 5.97 Å². The summed E-state index contributed by atoms with van der Waals surface area (Å²) in [6.07, 6.45) is 0.347. The molecule has 1 aromatic heterocycles. The Labute approximate surface area is 103 Å². The van der Waals surface area contributed by atoms with E-state index in [1.54, 1.807) is 0 Å². The van der Waals surface area contributed by atoms with E-state index in [-0.39, 0.29) is 11.2 Å². The average molecular weight is 251 g/mol. The van der Waals surface area contributed by atoms with E-state index in [9.17, 15) is 4.79 Å². The average Bonchev–Trinajstić information content (AvgIpc) is 2.70. The number of hydrogen-bond acceptors (Lipinski definition) is 5. The molecule has 0 radical (unpaired) electrons. The van der Waals surface area contributed by atoms with E-state index in [1.807, 2.05) is 31.2 Å². The number of oxazole rings is 1. The number of fused-ring (bicyclic) bond motifs is 1. The van der Waals surface area contributed by atoms with Crippen molar-refractivity contribution in [2.45, 2.75) is 23.8 Å². The summed E-state index contributed by atoms with van der Waals surface area (Å²) in [6.45, 7) is 1.94. The third-order valence-corrected chi connectivity index (χ3v) is 3.20. The van der Waals surface area contributed by atoms with Crippen LogP contribution < -0.4 is 0 Å². The van der Waals surface area contributed by atoms with Gasteiger partial charge in [0.25, 0.3) is 5.22 Å². The van der Waals surface area contributed by atoms with Gasteiger partial charge in [0, 0.05) is 5.25 Å². The molecule has 0 aliphatic heterocycles. The predicted octanol–water partition coefficient (Wildman–Crippen LogP) is 2.87. The highest BCUT2D eigenvalue weighted by atomic mass is 32.2. The molecule has 0 saturated carbocycles. The quantitative estimate of drug-likeness (QED) is 0.617. The van der Waals surface area contributed by atoms with E-state index in [0.29, 0.717) is 11.6 Å². The molecule has 0 N–H and O–H groups in total. The number of nitrogens with zero attached hydrogens (tertiary/aromatic N) is 1. The molecule has 0 aliphatic carbocycles. The van der Waals surface area contributed by atoms with E-state index in [4.69, 9.17) is 4.42 Å². The van der Waals surface area contributed by atoms with Crippen molar-refractivity contribution in [3.05, 3.63) is 24.3 Å². The smallest absolute Gasteiger partial charge is 0.306 e. The van der Waals surface area contributed by atoms with Crippen LogP contribution in [0.25, 0.3) is 11.1 Å². The fourth-order valence-electron chi connectivity index (χ4n) is 1.43. The van der Waals surface area contributed by atoms with Crippen LogP contribution in [-0.4, -0.2) is 23.3 Å². The van der Waals surface area contributed by atoms with Gasteiger partial charge < -0.3 is 9.15 Å². The number of carbonyl (C=O) groups excluding carboxylic acids is 1. The van der Waals surface area contributed by atoms with Crippen molar-refractivity contribution in [1.29, 1.82) is 0 Å². The maximum Gasteiger partial charge on any atom is 0.306 e. The molecule has 0 saturated heterocycles. The van der Waals surface area contributed by atoms with Crippen molar-refractivity contribution in [2.24, 2.45) is 0 Å². The second kappa shape index (κ2) is 5.23. The zero-order valence-electron chi connectivity index (χ0n) is 9.67. The van der Waals surface area contributed by atoms with Crippen LogP contribution in [-0.2, 0) is 9.53 Å². The van der Waals surface area contributed by atoms with Gasteiger partial charge in [-0.25, -0.2) is 4.98 Å². The number of para-hydroxylation sites is 2. The molecule has 2 rings (SSSR count). The lowest BCUT2D eigenvalue weighted by Gasteiger charge is -2.05. The Bertz CT molecular complexity index is 490. The van der Waals surface area contributed by atoms with Gasteiger partial charge in [-0.15, -0.1) is 0 Å². The molecule has 0 bridgehead atoms. The lowest BCUT2D eigenvalue weighted by molar-refractivity contribution is -0.140. The third-order valence-electron chi connectivity index (χ3n) is 2.26. The molecule has 0 fully saturated rings. The molecular weight excluding hydrogens is 238 g/mol. The lowest BCUT2D eigenvalue weighted by Crippen LogP contribution is -2.08. The number of esters is 1. The molecule has 5 heteroatoms. The first-order valence-corrected chi connectivity index (χ1v) is 6.16. The zero-order chi connectivity index (χ0) is 12.3. The molecule has 1 aromatic carbocycles. The second-order valence-corrected chi connectivity index (χ2v) is 5.05. The summed E-state index contributed by atoms with van der Waals surface area (Å²) in [5, 5.41) is 0.665. The van der Waals surface area contributed by atoms with Gasteiger partial charge in [-0.05, 0) is 12.1 Å². The lowest BCUT2D eigenvalue weighted by atomic mass is 10.3. The van der Waals surface area contributed by atoms with Crippen molar-refractivity contribution in [1.82, 2.24) is 4.98 Å². The van der Waals surface area contributed by atoms with Crippen LogP contribution >= 0.6 is 11.8 Å². The van der Waals surface area contributed by atoms with E-state index < -0.39 is 0 Å². The SMILES string of the molecule is COC(=O)CC(C)Sc1nc2ccccc2o1. The van der Waals surface area contributed by atoms with E-state index in [2.05, 4.69) is 9.72 Å². The highest BCUT2D eigenvalue weighted by Crippen LogP contribution is 2.27. The molecule has 90 valence electrons. The molecule has 1 atom stereocenters. The maximum atomic E-state index is 11.1. The number of aromatic nitrogens is 1. The van der Waals surface area contributed by atoms with Crippen molar-refractivity contribution >= 4 is 28.8 Å². The minimum Gasteiger partial charge on any atom is -0.469 e. The molecule has 4 nitrogen and oxygen atoms in total. The van der Waals surface area contributed by atoms with Crippen LogP contribution in [0.1, 0.15) is 13.3 Å². The largest absolute Gasteiger partial charge is 0.469 e. The number of methoxy groups -OCH3 is 1. The summed E-state index contributed by atoms with van der Waals surface area (Å²) in [5.41, 5.74) is 1.60. The van der Waals surface area contributed by atoms with Crippen LogP contribution in [0.15, 0.2) is 33.9 Å². The number of hydrogen-bond donors (Lipinski definition) is 0. The fourth-order valence-corrected chi connectivity index (χ4v) is 2.29. The normalized spacial score (nSPS) is 12.6. The van der Waals surface area contributed by atoms with Crippen LogP contribution in [0.2, 0.25) is 0 Å². The molecule has 0 amide bonds. The zero-order valence-corrected chi connectivity index (χ0v) is 10.5. The number of ether oxygens (including phenoxy) is 1. The van der Waals surface area contributed by atoms with E-state index in [1.165, 1.54) is 18.9 Å². The standard InChI is InChI=1S/C12H13NO3S/c1-8(7-11(14)15-2)17-12-13-9-5-3-4-6-10(9)16-12/h3-6,8H,7H2,1-2H3. The summed E-state index contributed by atoms with van der Waals surface area (Å²) < 4.78 is 10.2. The summed E-state index contributed by atoms with van der Waals surface area (Å²) >= 11 is 1.43. The Morgan fingerprint density at radius 3 is 3.00 bits per heavy atom. The Kier molecular flexibility index (Phi) is 3.68. The Balaban J connectivity index is 2.05. The van der Waals surface area contributed by atoms with Crippen molar-refractivity contribution < 1.29 is 13.9 Å². The van der Waals surface area contributed by atoms with Gasteiger partial charge in [-0.3, -0.25) is 4.79 Å². The Hall–Kier alpha value is -1.49. The van der Waals surface area contributed by atoms with Gasteiger partial charge in [-0.2, -0.15) is 0 Å². The van der Waals surface area contributed by atoms with Crippen LogP contribution in [0, 0.1) is 0 Å². The van der Waals surface area contributed by atoms with Crippen molar-refractivity contribution in [3.63, 3.8) is 0 Å². The first-order chi connectivity index (χ1) is 8.19. The van der Waals surface area contributed by atoms with Crippen LogP contribution in [0.5, 0.6) is 0 Å². The van der Waals surface area contributed by atoms with Gasteiger partial charge in [-0.1, -0.05) is 30.8 Å². The molecular formula is C12H13NO3S. The Morgan fingerprint density at radius 2 is 2.29 bits per heavy atom. The highest BCUT2D eigenvalue weighted by Gasteiger charge is 2.14. The Morgan fingerprint density at radius 1 is 1.53 bits per heavy atom. The molecule has 17 heavy (non-hydrogen) atoms. The van der Waals surface area contributed by atoms with Gasteiger partial charge in [0.05, 0.1) is 13.5 Å². The minimum atomic E-state index is -0.221. The van der Waals surface area contributed by atoms with Gasteiger partial charge in [0.15, 0.2) is 5.58 Å². The van der Waals surface area contributed by atoms with Crippen molar-refractivity contribution in [2.75, 3.05) is 7.11 Å². The molecule has 1 heterocycles. The molecule has 1 unspecified atom stereocenters. The predicted molar refractivity (Wildman–Crippen MR) is 66.0 cm³/mol. The fraction of sp³-hybridized carbons (Fsp3) is 0.333. The summed E-state index contributed by atoms with van der Waals surface area (Å²) in [6, 6.07) is 7.59. The number of benzene rings is 1. The van der Waals surface area contributed by atoms with E-state index in [0.717, 1.165) is 11.1 Å². The van der Waals surface area contributed by atoms with Crippen LogP contribution in [0.3, 0.4) is 0 Å². The molecule has 0 spiro atoms. The van der Waals surface area contributed by atoms with E-state index >= 15 is 0 Å². The third kappa shape index (κ3) is 3.00. The first kappa shape index (κ1) is 12.0. The summed E-state index contributed by atoms with van der Waals surface area (Å²) in [7, 11) is 1.39. The summed E-state index contributed by atoms with van der Waals surface area (Å²) in [5.74, 6) is -0.221. The maximum absolute atomic E-state index is 11.1. The van der Waals surface area contributed by atoms with Crippen molar-refractivity contribution in [3.8, 4) is 0 Å². The minimum absolute atomic E-state index is 0.0792. The second-order valence-electron chi connectivity index (χ2n) is 3.66. The number of rotatable bonds is 4. The number of carbonyl (C=O) groups is 1. The molecule has 0 aliphatic rings. The van der Waals surface area contributed by atoms with Gasteiger partial charge in [0.1, 0.15) is 5.52 Å². The first-order valence-electron chi connectivity index (χ1n) is 5.28. The highest BCUT2D eigenvalue weighted by molar-refractivity contribution is 7.99. The van der Waals surface area contributed by atoms with Crippen LogP contribution in [0.4, 0.5) is 0 Å². The molecule has 2 aromatic rings. The monoisotopic (exact) mass is 251 g/mol.